The van der Waals surface area contributed by atoms with Gasteiger partial charge in [-0.2, -0.15) is 0 Å². The molecular weight excluding hydrogens is 319 g/mol. The average Bonchev–Trinajstić information content (AvgIpc) is 3.04. The summed E-state index contributed by atoms with van der Waals surface area (Å²) in [5.41, 5.74) is 1.21. The van der Waals surface area contributed by atoms with Gasteiger partial charge in [0.05, 0.1) is 32.4 Å². The van der Waals surface area contributed by atoms with Crippen LogP contribution in [0.25, 0.3) is 11.3 Å². The molecule has 0 unspecified atom stereocenters. The Hall–Kier alpha value is -1.99. The van der Waals surface area contributed by atoms with Gasteiger partial charge in [0.2, 0.25) is 5.91 Å². The van der Waals surface area contributed by atoms with Crippen LogP contribution >= 0.6 is 11.3 Å². The third kappa shape index (κ3) is 3.68. The van der Waals surface area contributed by atoms with Crippen molar-refractivity contribution in [3.05, 3.63) is 34.4 Å². The molecule has 122 valence electrons. The molecule has 1 aromatic heterocycles. The fourth-order valence-corrected chi connectivity index (χ4v) is 3.24. The molecule has 1 aliphatic rings. The van der Waals surface area contributed by atoms with Crippen LogP contribution < -0.4 is 4.74 Å². The van der Waals surface area contributed by atoms with Crippen LogP contribution in [0.4, 0.5) is 4.39 Å². The normalized spacial score (nSPS) is 14.8. The van der Waals surface area contributed by atoms with Crippen molar-refractivity contribution in [3.63, 3.8) is 0 Å². The van der Waals surface area contributed by atoms with Gasteiger partial charge < -0.3 is 14.4 Å². The number of morpholine rings is 1. The first-order valence-electron chi connectivity index (χ1n) is 7.31. The minimum atomic E-state index is -0.347. The third-order valence-electron chi connectivity index (χ3n) is 3.66. The number of hydrogen-bond donors (Lipinski definition) is 0. The van der Waals surface area contributed by atoms with Crippen molar-refractivity contribution in [1.82, 2.24) is 9.88 Å². The van der Waals surface area contributed by atoms with Crippen LogP contribution in [0.5, 0.6) is 5.75 Å². The molecule has 0 atom stereocenters. The van der Waals surface area contributed by atoms with Crippen molar-refractivity contribution in [2.75, 3.05) is 33.4 Å². The first-order valence-corrected chi connectivity index (χ1v) is 8.19. The van der Waals surface area contributed by atoms with E-state index in [2.05, 4.69) is 4.98 Å². The summed E-state index contributed by atoms with van der Waals surface area (Å²) >= 11 is 1.39. The minimum absolute atomic E-state index is 0.0420. The van der Waals surface area contributed by atoms with E-state index in [0.717, 1.165) is 0 Å². The van der Waals surface area contributed by atoms with Crippen LogP contribution in [0.1, 0.15) is 5.01 Å². The smallest absolute Gasteiger partial charge is 0.229 e. The van der Waals surface area contributed by atoms with Gasteiger partial charge in [0, 0.05) is 24.0 Å². The van der Waals surface area contributed by atoms with Crippen LogP contribution in [0.3, 0.4) is 0 Å². The Morgan fingerprint density at radius 3 is 2.96 bits per heavy atom. The van der Waals surface area contributed by atoms with Gasteiger partial charge >= 0.3 is 0 Å². The summed E-state index contributed by atoms with van der Waals surface area (Å²) in [6.07, 6.45) is 0.252. The lowest BCUT2D eigenvalue weighted by atomic mass is 10.1. The molecule has 0 saturated carbocycles. The minimum Gasteiger partial charge on any atom is -0.496 e. The highest BCUT2D eigenvalue weighted by molar-refractivity contribution is 7.10. The second kappa shape index (κ2) is 7.06. The molecule has 0 aliphatic carbocycles. The highest BCUT2D eigenvalue weighted by Gasteiger charge is 2.19. The molecule has 1 aliphatic heterocycles. The first-order chi connectivity index (χ1) is 11.2. The standard InChI is InChI=1S/C16H17FN2O3S/c1-21-14-3-2-11(17)8-12(14)13-10-23-15(18-13)9-16(20)19-4-6-22-7-5-19/h2-3,8,10H,4-7,9H2,1H3. The Balaban J connectivity index is 1.75. The predicted molar refractivity (Wildman–Crippen MR) is 85.2 cm³/mol. The highest BCUT2D eigenvalue weighted by Crippen LogP contribution is 2.31. The van der Waals surface area contributed by atoms with Gasteiger partial charge in [-0.15, -0.1) is 11.3 Å². The van der Waals surface area contributed by atoms with Crippen LogP contribution in [-0.2, 0) is 16.0 Å². The number of thiazole rings is 1. The van der Waals surface area contributed by atoms with Crippen LogP contribution in [0.15, 0.2) is 23.6 Å². The molecule has 0 spiro atoms. The average molecular weight is 336 g/mol. The fraction of sp³-hybridized carbons (Fsp3) is 0.375. The second-order valence-electron chi connectivity index (χ2n) is 5.14. The van der Waals surface area contributed by atoms with E-state index < -0.39 is 0 Å². The van der Waals surface area contributed by atoms with Crippen molar-refractivity contribution in [2.24, 2.45) is 0 Å². The lowest BCUT2D eigenvalue weighted by Gasteiger charge is -2.26. The lowest BCUT2D eigenvalue weighted by molar-refractivity contribution is -0.134. The molecule has 3 rings (SSSR count). The van der Waals surface area contributed by atoms with Gasteiger partial charge in [0.15, 0.2) is 0 Å². The molecule has 7 heteroatoms. The summed E-state index contributed by atoms with van der Waals surface area (Å²) in [4.78, 5) is 18.5. The summed E-state index contributed by atoms with van der Waals surface area (Å²) in [5.74, 6) is 0.253. The van der Waals surface area contributed by atoms with Crippen LogP contribution in [-0.4, -0.2) is 49.2 Å². The number of amides is 1. The van der Waals surface area contributed by atoms with Crippen LogP contribution in [0, 0.1) is 5.82 Å². The Labute approximate surface area is 137 Å². The maximum absolute atomic E-state index is 13.5. The summed E-state index contributed by atoms with van der Waals surface area (Å²) in [6, 6.07) is 4.31. The number of aromatic nitrogens is 1. The van der Waals surface area contributed by atoms with Crippen LogP contribution in [0.2, 0.25) is 0 Å². The molecule has 0 N–H and O–H groups in total. The van der Waals surface area contributed by atoms with E-state index >= 15 is 0 Å². The molecule has 5 nitrogen and oxygen atoms in total. The topological polar surface area (TPSA) is 51.7 Å². The quantitative estimate of drug-likeness (QED) is 0.860. The molecule has 1 aromatic carbocycles. The number of halogens is 1. The molecular formula is C16H17FN2O3S. The van der Waals surface area contributed by atoms with Gasteiger partial charge in [-0.3, -0.25) is 4.79 Å². The highest BCUT2D eigenvalue weighted by atomic mass is 32.1. The number of hydrogen-bond acceptors (Lipinski definition) is 5. The zero-order chi connectivity index (χ0) is 16.2. The van der Waals surface area contributed by atoms with Crippen molar-refractivity contribution < 1.29 is 18.7 Å². The van der Waals surface area contributed by atoms with Gasteiger partial charge in [0.1, 0.15) is 16.6 Å². The molecule has 1 amide bonds. The van der Waals surface area contributed by atoms with Gasteiger partial charge in [-0.25, -0.2) is 9.37 Å². The van der Waals surface area contributed by atoms with E-state index in [9.17, 15) is 9.18 Å². The van der Waals surface area contributed by atoms with Gasteiger partial charge in [-0.05, 0) is 18.2 Å². The maximum Gasteiger partial charge on any atom is 0.229 e. The number of nitrogens with zero attached hydrogens (tertiary/aromatic N) is 2. The van der Waals surface area contributed by atoms with Crippen molar-refractivity contribution in [2.45, 2.75) is 6.42 Å². The Morgan fingerprint density at radius 2 is 2.22 bits per heavy atom. The number of rotatable bonds is 4. The molecule has 0 radical (unpaired) electrons. The largest absolute Gasteiger partial charge is 0.496 e. The number of carbonyl (C=O) groups excluding carboxylic acids is 1. The van der Waals surface area contributed by atoms with E-state index in [1.165, 1.54) is 30.6 Å². The molecule has 2 heterocycles. The zero-order valence-electron chi connectivity index (χ0n) is 12.8. The third-order valence-corrected chi connectivity index (χ3v) is 4.50. The Morgan fingerprint density at radius 1 is 1.43 bits per heavy atom. The molecule has 0 bridgehead atoms. The van der Waals surface area contributed by atoms with E-state index in [4.69, 9.17) is 9.47 Å². The van der Waals surface area contributed by atoms with E-state index in [1.807, 2.05) is 5.38 Å². The number of benzene rings is 1. The summed E-state index contributed by atoms with van der Waals surface area (Å²) in [5, 5.41) is 2.53. The number of ether oxygens (including phenoxy) is 2. The van der Waals surface area contributed by atoms with Crippen molar-refractivity contribution in [3.8, 4) is 17.0 Å². The summed E-state index contributed by atoms with van der Waals surface area (Å²) in [7, 11) is 1.53. The first kappa shape index (κ1) is 15.9. The van der Waals surface area contributed by atoms with Gasteiger partial charge in [-0.1, -0.05) is 0 Å². The molecule has 23 heavy (non-hydrogen) atoms. The van der Waals surface area contributed by atoms with Gasteiger partial charge in [0.25, 0.3) is 0 Å². The SMILES string of the molecule is COc1ccc(F)cc1-c1csc(CC(=O)N2CCOCC2)n1. The predicted octanol–water partition coefficient (Wildman–Crippen LogP) is 2.36. The Kier molecular flexibility index (Phi) is 4.88. The monoisotopic (exact) mass is 336 g/mol. The maximum atomic E-state index is 13.5. The summed E-state index contributed by atoms with van der Waals surface area (Å²) in [6.45, 7) is 2.40. The lowest BCUT2D eigenvalue weighted by Crippen LogP contribution is -2.41. The van der Waals surface area contributed by atoms with E-state index in [0.29, 0.717) is 48.3 Å². The molecule has 2 aromatic rings. The van der Waals surface area contributed by atoms with Crippen molar-refractivity contribution in [1.29, 1.82) is 0 Å². The van der Waals surface area contributed by atoms with E-state index in [-0.39, 0.29) is 18.1 Å². The second-order valence-corrected chi connectivity index (χ2v) is 6.08. The molecule has 1 fully saturated rings. The Bertz CT molecular complexity index is 698. The summed E-state index contributed by atoms with van der Waals surface area (Å²) < 4.78 is 24.0. The molecule has 1 saturated heterocycles. The number of carbonyl (C=O) groups is 1. The zero-order valence-corrected chi connectivity index (χ0v) is 13.6. The fourth-order valence-electron chi connectivity index (χ4n) is 2.45. The number of methoxy groups -OCH3 is 1. The van der Waals surface area contributed by atoms with Crippen molar-refractivity contribution >= 4 is 17.2 Å². The van der Waals surface area contributed by atoms with E-state index in [1.54, 1.807) is 11.0 Å².